The number of nitrogens with one attached hydrogen (secondary N) is 1. The Balaban J connectivity index is 4.16. The molecule has 0 aromatic rings. The first-order chi connectivity index (χ1) is 10.0. The van der Waals surface area contributed by atoms with Gasteiger partial charge in [-0.15, -0.1) is 0 Å². The van der Waals surface area contributed by atoms with Gasteiger partial charge >= 0.3 is 11.9 Å². The Bertz CT molecular complexity index is 330. The van der Waals surface area contributed by atoms with Crippen molar-refractivity contribution in [1.82, 2.24) is 5.32 Å². The zero-order valence-electron chi connectivity index (χ0n) is 13.3. The lowest BCUT2D eigenvalue weighted by Gasteiger charge is -2.16. The molecule has 0 rings (SSSR count). The van der Waals surface area contributed by atoms with Crippen molar-refractivity contribution in [3.63, 3.8) is 0 Å². The Labute approximate surface area is 126 Å². The van der Waals surface area contributed by atoms with Crippen LogP contribution in [0.5, 0.6) is 0 Å². The topological polar surface area (TPSA) is 81.7 Å². The molecule has 0 aromatic heterocycles. The minimum atomic E-state index is -0.835. The van der Waals surface area contributed by atoms with Crippen molar-refractivity contribution >= 4 is 17.8 Å². The van der Waals surface area contributed by atoms with Crippen molar-refractivity contribution in [1.29, 1.82) is 0 Å². The molecule has 0 aliphatic carbocycles. The molecule has 0 heterocycles. The van der Waals surface area contributed by atoms with Crippen LogP contribution in [-0.2, 0) is 23.9 Å². The van der Waals surface area contributed by atoms with E-state index >= 15 is 0 Å². The number of hydrogen-bond donors (Lipinski definition) is 1. The molecule has 0 saturated carbocycles. The summed E-state index contributed by atoms with van der Waals surface area (Å²) in [7, 11) is 0. The fourth-order valence-corrected chi connectivity index (χ4v) is 1.86. The molecule has 0 aromatic carbocycles. The highest BCUT2D eigenvalue weighted by molar-refractivity contribution is 5.86. The van der Waals surface area contributed by atoms with Crippen LogP contribution in [-0.4, -0.2) is 37.1 Å². The molecule has 0 saturated heterocycles. The predicted octanol–water partition coefficient (Wildman–Crippen LogP) is 1.96. The standard InChI is InChI=1S/C15H27NO5/c1-4-6-7-8-9-10-13(21-12(3)17)15(19)16-11-14(18)20-5-2/h13H,4-11H2,1-3H3,(H,16,19). The molecule has 0 spiro atoms. The van der Waals surface area contributed by atoms with Gasteiger partial charge < -0.3 is 14.8 Å². The van der Waals surface area contributed by atoms with E-state index in [1.807, 2.05) is 0 Å². The number of esters is 2. The Morgan fingerprint density at radius 3 is 2.29 bits per heavy atom. The van der Waals surface area contributed by atoms with E-state index in [0.29, 0.717) is 6.42 Å². The van der Waals surface area contributed by atoms with Crippen LogP contribution in [0.4, 0.5) is 0 Å². The number of ether oxygens (including phenoxy) is 2. The van der Waals surface area contributed by atoms with Crippen molar-refractivity contribution in [3.05, 3.63) is 0 Å². The van der Waals surface area contributed by atoms with Crippen molar-refractivity contribution < 1.29 is 23.9 Å². The third-order valence-electron chi connectivity index (χ3n) is 2.88. The number of rotatable bonds is 11. The van der Waals surface area contributed by atoms with Gasteiger partial charge in [-0.1, -0.05) is 32.6 Å². The van der Waals surface area contributed by atoms with E-state index in [-0.39, 0.29) is 13.2 Å². The first-order valence-corrected chi connectivity index (χ1v) is 7.61. The summed E-state index contributed by atoms with van der Waals surface area (Å²) < 4.78 is 9.72. The summed E-state index contributed by atoms with van der Waals surface area (Å²) >= 11 is 0. The molecule has 1 N–H and O–H groups in total. The molecule has 122 valence electrons. The highest BCUT2D eigenvalue weighted by Crippen LogP contribution is 2.10. The quantitative estimate of drug-likeness (QED) is 0.466. The maximum Gasteiger partial charge on any atom is 0.325 e. The van der Waals surface area contributed by atoms with Crippen LogP contribution in [0, 0.1) is 0 Å². The molecule has 0 bridgehead atoms. The van der Waals surface area contributed by atoms with Gasteiger partial charge in [0.2, 0.25) is 0 Å². The van der Waals surface area contributed by atoms with E-state index < -0.39 is 23.9 Å². The Morgan fingerprint density at radius 1 is 1.05 bits per heavy atom. The van der Waals surface area contributed by atoms with Crippen LogP contribution < -0.4 is 5.32 Å². The van der Waals surface area contributed by atoms with E-state index in [4.69, 9.17) is 9.47 Å². The summed E-state index contributed by atoms with van der Waals surface area (Å²) in [6.45, 7) is 5.14. The minimum absolute atomic E-state index is 0.208. The molecule has 0 radical (unpaired) electrons. The fraction of sp³-hybridized carbons (Fsp3) is 0.800. The van der Waals surface area contributed by atoms with Gasteiger partial charge in [0, 0.05) is 6.92 Å². The van der Waals surface area contributed by atoms with Crippen LogP contribution >= 0.6 is 0 Å². The van der Waals surface area contributed by atoms with Gasteiger partial charge in [0.05, 0.1) is 6.61 Å². The van der Waals surface area contributed by atoms with Gasteiger partial charge in [0.15, 0.2) is 6.10 Å². The van der Waals surface area contributed by atoms with Crippen LogP contribution in [0.1, 0.15) is 59.3 Å². The monoisotopic (exact) mass is 301 g/mol. The van der Waals surface area contributed by atoms with E-state index in [2.05, 4.69) is 12.2 Å². The van der Waals surface area contributed by atoms with Gasteiger partial charge in [-0.05, 0) is 19.8 Å². The zero-order valence-corrected chi connectivity index (χ0v) is 13.3. The zero-order chi connectivity index (χ0) is 16.1. The van der Waals surface area contributed by atoms with Crippen LogP contribution in [0.25, 0.3) is 0 Å². The SMILES string of the molecule is CCCCCCCC(OC(C)=O)C(=O)NCC(=O)OCC. The normalized spacial score (nSPS) is 11.6. The molecule has 1 unspecified atom stereocenters. The maximum absolute atomic E-state index is 11.9. The molecular formula is C15H27NO5. The van der Waals surface area contributed by atoms with Crippen molar-refractivity contribution in [2.75, 3.05) is 13.2 Å². The molecule has 6 heteroatoms. The number of amides is 1. The van der Waals surface area contributed by atoms with Gasteiger partial charge in [-0.2, -0.15) is 0 Å². The van der Waals surface area contributed by atoms with Crippen molar-refractivity contribution in [3.8, 4) is 0 Å². The molecule has 21 heavy (non-hydrogen) atoms. The van der Waals surface area contributed by atoms with Crippen LogP contribution in [0.2, 0.25) is 0 Å². The first-order valence-electron chi connectivity index (χ1n) is 7.61. The largest absolute Gasteiger partial charge is 0.465 e. The van der Waals surface area contributed by atoms with Crippen molar-refractivity contribution in [2.45, 2.75) is 65.4 Å². The lowest BCUT2D eigenvalue weighted by molar-refractivity contribution is -0.155. The molecule has 1 atom stereocenters. The maximum atomic E-state index is 11.9. The second-order valence-electron chi connectivity index (χ2n) is 4.82. The smallest absolute Gasteiger partial charge is 0.325 e. The summed E-state index contributed by atoms with van der Waals surface area (Å²) in [6.07, 6.45) is 4.85. The summed E-state index contributed by atoms with van der Waals surface area (Å²) in [6, 6.07) is 0. The van der Waals surface area contributed by atoms with Crippen LogP contribution in [0.15, 0.2) is 0 Å². The van der Waals surface area contributed by atoms with E-state index in [0.717, 1.165) is 32.1 Å². The predicted molar refractivity (Wildman–Crippen MR) is 78.6 cm³/mol. The van der Waals surface area contributed by atoms with Gasteiger partial charge in [0.1, 0.15) is 6.54 Å². The highest BCUT2D eigenvalue weighted by atomic mass is 16.5. The van der Waals surface area contributed by atoms with Crippen LogP contribution in [0.3, 0.4) is 0 Å². The van der Waals surface area contributed by atoms with E-state index in [1.165, 1.54) is 6.92 Å². The first kappa shape index (κ1) is 19.4. The van der Waals surface area contributed by atoms with Gasteiger partial charge in [-0.25, -0.2) is 0 Å². The lowest BCUT2D eigenvalue weighted by Crippen LogP contribution is -2.40. The van der Waals surface area contributed by atoms with Crippen molar-refractivity contribution in [2.24, 2.45) is 0 Å². The molecule has 1 amide bonds. The second kappa shape index (κ2) is 12.2. The molecule has 0 aliphatic rings. The molecule has 0 fully saturated rings. The summed E-state index contributed by atoms with van der Waals surface area (Å²) in [5.41, 5.74) is 0. The summed E-state index contributed by atoms with van der Waals surface area (Å²) in [5, 5.41) is 2.43. The molecular weight excluding hydrogens is 274 g/mol. The number of carbonyl (C=O) groups is 3. The average Bonchev–Trinajstić information content (AvgIpc) is 2.43. The van der Waals surface area contributed by atoms with E-state index in [9.17, 15) is 14.4 Å². The van der Waals surface area contributed by atoms with Gasteiger partial charge in [-0.3, -0.25) is 14.4 Å². The number of hydrogen-bond acceptors (Lipinski definition) is 5. The highest BCUT2D eigenvalue weighted by Gasteiger charge is 2.21. The molecule has 6 nitrogen and oxygen atoms in total. The molecule has 0 aliphatic heterocycles. The lowest BCUT2D eigenvalue weighted by atomic mass is 10.1. The Hall–Kier alpha value is -1.59. The third kappa shape index (κ3) is 10.8. The number of unbranched alkanes of at least 4 members (excludes halogenated alkanes) is 4. The Morgan fingerprint density at radius 2 is 1.71 bits per heavy atom. The summed E-state index contributed by atoms with van der Waals surface area (Å²) in [5.74, 6) is -1.45. The number of carbonyl (C=O) groups excluding carboxylic acids is 3. The summed E-state index contributed by atoms with van der Waals surface area (Å²) in [4.78, 5) is 34.1. The Kier molecular flexibility index (Phi) is 11.3. The minimum Gasteiger partial charge on any atom is -0.465 e. The fourth-order valence-electron chi connectivity index (χ4n) is 1.86. The average molecular weight is 301 g/mol. The van der Waals surface area contributed by atoms with Gasteiger partial charge in [0.25, 0.3) is 5.91 Å². The van der Waals surface area contributed by atoms with E-state index in [1.54, 1.807) is 6.92 Å². The second-order valence-corrected chi connectivity index (χ2v) is 4.82. The third-order valence-corrected chi connectivity index (χ3v) is 2.88.